The number of carbonyl (C=O) groups excluding carboxylic acids is 1. The minimum Gasteiger partial charge on any atom is -0.471 e. The van der Waals surface area contributed by atoms with E-state index in [1.165, 1.54) is 23.5 Å². The van der Waals surface area contributed by atoms with Gasteiger partial charge in [-0.2, -0.15) is 13.2 Å². The van der Waals surface area contributed by atoms with E-state index in [0.717, 1.165) is 6.07 Å². The summed E-state index contributed by atoms with van der Waals surface area (Å²) in [7, 11) is 0. The highest BCUT2D eigenvalue weighted by molar-refractivity contribution is 7.17. The Hall–Kier alpha value is -1.80. The van der Waals surface area contributed by atoms with E-state index in [1.807, 2.05) is 0 Å². The second kappa shape index (κ2) is 6.01. The van der Waals surface area contributed by atoms with Crippen LogP contribution in [0.4, 0.5) is 13.2 Å². The van der Waals surface area contributed by atoms with Crippen molar-refractivity contribution in [1.29, 1.82) is 0 Å². The third-order valence-electron chi connectivity index (χ3n) is 3.22. The van der Waals surface area contributed by atoms with Crippen LogP contribution < -0.4 is 4.74 Å². The fourth-order valence-corrected chi connectivity index (χ4v) is 3.08. The van der Waals surface area contributed by atoms with Crippen molar-refractivity contribution in [2.75, 3.05) is 13.1 Å². The summed E-state index contributed by atoms with van der Waals surface area (Å²) in [6, 6.07) is 6.75. The van der Waals surface area contributed by atoms with Gasteiger partial charge in [-0.15, -0.1) is 11.3 Å². The van der Waals surface area contributed by atoms with Crippen molar-refractivity contribution in [3.63, 3.8) is 0 Å². The maximum Gasteiger partial charge on any atom is 0.433 e. The minimum absolute atomic E-state index is 0.101. The lowest BCUT2D eigenvalue weighted by Crippen LogP contribution is -2.56. The molecule has 0 radical (unpaired) electrons. The Morgan fingerprint density at radius 1 is 1.30 bits per heavy atom. The number of ether oxygens (including phenoxy) is 1. The lowest BCUT2D eigenvalue weighted by molar-refractivity contribution is -0.141. The summed E-state index contributed by atoms with van der Waals surface area (Å²) in [6.45, 7) is 0.596. The Labute approximate surface area is 138 Å². The van der Waals surface area contributed by atoms with Crippen LogP contribution in [0.3, 0.4) is 0 Å². The predicted octanol–water partition coefficient (Wildman–Crippen LogP) is 3.72. The molecule has 1 fully saturated rings. The van der Waals surface area contributed by atoms with Crippen LogP contribution in [0.25, 0.3) is 0 Å². The molecule has 23 heavy (non-hydrogen) atoms. The molecule has 122 valence electrons. The number of aromatic nitrogens is 1. The molecule has 0 N–H and O–H groups in total. The van der Waals surface area contributed by atoms with Gasteiger partial charge in [-0.25, -0.2) is 4.98 Å². The Kier molecular flexibility index (Phi) is 4.20. The number of amides is 1. The van der Waals surface area contributed by atoms with E-state index >= 15 is 0 Å². The van der Waals surface area contributed by atoms with Crippen LogP contribution in [-0.2, 0) is 6.18 Å². The van der Waals surface area contributed by atoms with Gasteiger partial charge in [0.15, 0.2) is 0 Å². The van der Waals surface area contributed by atoms with Crippen molar-refractivity contribution in [3.05, 3.63) is 45.2 Å². The number of carbonyl (C=O) groups is 1. The lowest BCUT2D eigenvalue weighted by atomic mass is 10.1. The first-order chi connectivity index (χ1) is 10.8. The topological polar surface area (TPSA) is 42.4 Å². The van der Waals surface area contributed by atoms with E-state index in [2.05, 4.69) is 4.98 Å². The van der Waals surface area contributed by atoms with Crippen molar-refractivity contribution in [3.8, 4) is 5.88 Å². The highest BCUT2D eigenvalue weighted by Gasteiger charge is 2.35. The normalized spacial score (nSPS) is 15.4. The molecule has 1 saturated heterocycles. The summed E-state index contributed by atoms with van der Waals surface area (Å²) in [4.78, 5) is 17.6. The molecule has 1 aliphatic heterocycles. The maximum absolute atomic E-state index is 12.6. The Morgan fingerprint density at radius 2 is 2.04 bits per heavy atom. The zero-order valence-electron chi connectivity index (χ0n) is 11.5. The Bertz CT molecular complexity index is 729. The van der Waals surface area contributed by atoms with Gasteiger partial charge in [-0.3, -0.25) is 4.79 Å². The van der Waals surface area contributed by atoms with Crippen LogP contribution >= 0.6 is 22.9 Å². The fourth-order valence-electron chi connectivity index (χ4n) is 2.07. The highest BCUT2D eigenvalue weighted by atomic mass is 35.5. The first-order valence-electron chi connectivity index (χ1n) is 6.58. The summed E-state index contributed by atoms with van der Waals surface area (Å²) >= 11 is 6.96. The van der Waals surface area contributed by atoms with E-state index in [9.17, 15) is 18.0 Å². The van der Waals surface area contributed by atoms with E-state index in [4.69, 9.17) is 16.3 Å². The largest absolute Gasteiger partial charge is 0.471 e. The Balaban J connectivity index is 1.57. The number of halogens is 4. The molecule has 0 saturated carbocycles. The van der Waals surface area contributed by atoms with Gasteiger partial charge in [0.2, 0.25) is 5.88 Å². The number of pyridine rings is 1. The molecule has 0 spiro atoms. The number of hydrogen-bond acceptors (Lipinski definition) is 4. The first kappa shape index (κ1) is 16.1. The standard InChI is InChI=1S/C14H10ClF3N2O2S/c15-11-5-4-9(23-11)13(21)20-6-8(7-20)22-12-3-1-2-10(19-12)14(16,17)18/h1-5,8H,6-7H2. The summed E-state index contributed by atoms with van der Waals surface area (Å²) in [5.74, 6) is -0.269. The molecule has 0 bridgehead atoms. The third kappa shape index (κ3) is 3.59. The van der Waals surface area contributed by atoms with Crippen molar-refractivity contribution in [2.45, 2.75) is 12.3 Å². The van der Waals surface area contributed by atoms with Gasteiger partial charge in [-0.1, -0.05) is 17.7 Å². The monoisotopic (exact) mass is 362 g/mol. The van der Waals surface area contributed by atoms with Gasteiger partial charge in [-0.05, 0) is 18.2 Å². The molecule has 9 heteroatoms. The average Bonchev–Trinajstić information content (AvgIpc) is 2.88. The summed E-state index contributed by atoms with van der Waals surface area (Å²) in [5, 5.41) is 0. The molecule has 0 atom stereocenters. The molecule has 0 aliphatic carbocycles. The number of thiophene rings is 1. The fraction of sp³-hybridized carbons (Fsp3) is 0.286. The van der Waals surface area contributed by atoms with Gasteiger partial charge < -0.3 is 9.64 Å². The van der Waals surface area contributed by atoms with Crippen LogP contribution in [0.15, 0.2) is 30.3 Å². The number of likely N-dealkylation sites (tertiary alicyclic amines) is 1. The molecule has 3 rings (SSSR count). The van der Waals surface area contributed by atoms with Crippen molar-refractivity contribution in [2.24, 2.45) is 0 Å². The molecule has 1 amide bonds. The third-order valence-corrected chi connectivity index (χ3v) is 4.44. The lowest BCUT2D eigenvalue weighted by Gasteiger charge is -2.38. The number of hydrogen-bond donors (Lipinski definition) is 0. The molecular weight excluding hydrogens is 353 g/mol. The molecule has 0 unspecified atom stereocenters. The molecule has 4 nitrogen and oxygen atoms in total. The minimum atomic E-state index is -4.51. The van der Waals surface area contributed by atoms with Gasteiger partial charge >= 0.3 is 6.18 Å². The van der Waals surface area contributed by atoms with E-state index in [-0.39, 0.29) is 17.9 Å². The first-order valence-corrected chi connectivity index (χ1v) is 7.78. The van der Waals surface area contributed by atoms with Gasteiger partial charge in [0.1, 0.15) is 11.8 Å². The van der Waals surface area contributed by atoms with Crippen molar-refractivity contribution >= 4 is 28.8 Å². The summed E-state index contributed by atoms with van der Waals surface area (Å²) in [6.07, 6.45) is -4.88. The quantitative estimate of drug-likeness (QED) is 0.835. The molecule has 2 aromatic rings. The van der Waals surface area contributed by atoms with E-state index < -0.39 is 11.9 Å². The highest BCUT2D eigenvalue weighted by Crippen LogP contribution is 2.29. The molecular formula is C14H10ClF3N2O2S. The zero-order valence-corrected chi connectivity index (χ0v) is 13.1. The Morgan fingerprint density at radius 3 is 2.65 bits per heavy atom. The van der Waals surface area contributed by atoms with Crippen LogP contribution in [-0.4, -0.2) is 35.0 Å². The SMILES string of the molecule is O=C(c1ccc(Cl)s1)N1CC(Oc2cccc(C(F)(F)F)n2)C1. The van der Waals surface area contributed by atoms with E-state index in [0.29, 0.717) is 22.3 Å². The van der Waals surface area contributed by atoms with Gasteiger partial charge in [0.05, 0.1) is 22.3 Å². The number of alkyl halides is 3. The second-order valence-electron chi connectivity index (χ2n) is 4.91. The van der Waals surface area contributed by atoms with Crippen molar-refractivity contribution < 1.29 is 22.7 Å². The van der Waals surface area contributed by atoms with Crippen LogP contribution in [0.1, 0.15) is 15.4 Å². The second-order valence-corrected chi connectivity index (χ2v) is 6.63. The molecule has 0 aromatic carbocycles. The summed E-state index contributed by atoms with van der Waals surface area (Å²) < 4.78 is 43.6. The molecule has 3 heterocycles. The molecule has 1 aliphatic rings. The van der Waals surface area contributed by atoms with Gasteiger partial charge in [0, 0.05) is 6.07 Å². The van der Waals surface area contributed by atoms with Gasteiger partial charge in [0.25, 0.3) is 5.91 Å². The number of rotatable bonds is 3. The molecule has 2 aromatic heterocycles. The number of nitrogens with zero attached hydrogens (tertiary/aromatic N) is 2. The van der Waals surface area contributed by atoms with Crippen LogP contribution in [0, 0.1) is 0 Å². The summed E-state index contributed by atoms with van der Waals surface area (Å²) in [5.41, 5.74) is -1.00. The average molecular weight is 363 g/mol. The van der Waals surface area contributed by atoms with Crippen LogP contribution in [0.2, 0.25) is 4.34 Å². The zero-order chi connectivity index (χ0) is 16.6. The van der Waals surface area contributed by atoms with Crippen molar-refractivity contribution in [1.82, 2.24) is 9.88 Å². The van der Waals surface area contributed by atoms with E-state index in [1.54, 1.807) is 17.0 Å². The smallest absolute Gasteiger partial charge is 0.433 e. The predicted molar refractivity (Wildman–Crippen MR) is 78.9 cm³/mol. The maximum atomic E-state index is 12.6. The van der Waals surface area contributed by atoms with Crippen LogP contribution in [0.5, 0.6) is 5.88 Å².